The van der Waals surface area contributed by atoms with E-state index in [0.717, 1.165) is 50.1 Å². The second kappa shape index (κ2) is 21.3. The Hall–Kier alpha value is -0.210. The van der Waals surface area contributed by atoms with Crippen LogP contribution in [0.1, 0.15) is 104 Å². The van der Waals surface area contributed by atoms with Crippen LogP contribution in [0.15, 0.2) is 0 Å². The molecule has 0 heterocycles. The number of nitrogens with zero attached hydrogens (tertiary/aromatic N) is 1. The number of quaternary nitrogens is 1. The number of hydrogen-bond acceptors (Lipinski definition) is 4. The molecule has 0 aromatic rings. The third kappa shape index (κ3) is 20.4. The highest BCUT2D eigenvalue weighted by atomic mass is 32.2. The normalized spacial score (nSPS) is 12.5. The molecule has 0 aliphatic carbocycles. The lowest BCUT2D eigenvalue weighted by atomic mass is 10.1. The van der Waals surface area contributed by atoms with Gasteiger partial charge in [-0.15, -0.1) is 0 Å². The predicted octanol–water partition coefficient (Wildman–Crippen LogP) is 5.86. The SMILES string of the molecule is CCCCCCC[N+](CCCCCCC)(CCCS(=O)(=O)O)CCOCCOCCCC. The molecule has 0 aliphatic heterocycles. The van der Waals surface area contributed by atoms with E-state index in [-0.39, 0.29) is 5.75 Å². The van der Waals surface area contributed by atoms with Gasteiger partial charge in [0.25, 0.3) is 10.1 Å². The van der Waals surface area contributed by atoms with Crippen molar-refractivity contribution in [2.75, 3.05) is 58.4 Å². The van der Waals surface area contributed by atoms with Crippen molar-refractivity contribution in [3.05, 3.63) is 0 Å². The van der Waals surface area contributed by atoms with Gasteiger partial charge in [0, 0.05) is 13.0 Å². The van der Waals surface area contributed by atoms with Crippen LogP contribution in [0.25, 0.3) is 0 Å². The summed E-state index contributed by atoms with van der Waals surface area (Å²) in [6, 6.07) is 0. The van der Waals surface area contributed by atoms with Gasteiger partial charge >= 0.3 is 0 Å². The van der Waals surface area contributed by atoms with Crippen molar-refractivity contribution < 1.29 is 26.9 Å². The topological polar surface area (TPSA) is 72.8 Å². The summed E-state index contributed by atoms with van der Waals surface area (Å²) in [5.74, 6) is -0.148. The lowest BCUT2D eigenvalue weighted by molar-refractivity contribution is -0.929. The second-order valence-electron chi connectivity index (χ2n) is 9.28. The van der Waals surface area contributed by atoms with Crippen LogP contribution in [-0.2, 0) is 19.6 Å². The van der Waals surface area contributed by atoms with Gasteiger partial charge in [-0.25, -0.2) is 0 Å². The highest BCUT2D eigenvalue weighted by molar-refractivity contribution is 7.85. The van der Waals surface area contributed by atoms with Gasteiger partial charge in [-0.2, -0.15) is 8.42 Å². The number of rotatable bonds is 25. The number of unbranched alkanes of at least 4 members (excludes halogenated alkanes) is 9. The fraction of sp³-hybridized carbons (Fsp3) is 1.00. The molecule has 0 aliphatic rings. The molecule has 0 spiro atoms. The summed E-state index contributed by atoms with van der Waals surface area (Å²) in [6.07, 6.45) is 15.1. The third-order valence-electron chi connectivity index (χ3n) is 6.23. The smallest absolute Gasteiger partial charge is 0.265 e. The molecule has 6 nitrogen and oxygen atoms in total. The van der Waals surface area contributed by atoms with Gasteiger partial charge in [-0.3, -0.25) is 4.55 Å². The molecular weight excluding hydrogens is 426 g/mol. The zero-order valence-corrected chi connectivity index (χ0v) is 22.3. The minimum Gasteiger partial charge on any atom is -0.379 e. The van der Waals surface area contributed by atoms with Crippen LogP contribution in [0.2, 0.25) is 0 Å². The third-order valence-corrected chi connectivity index (χ3v) is 7.04. The summed E-state index contributed by atoms with van der Waals surface area (Å²) in [5, 5.41) is 0. The maximum atomic E-state index is 11.3. The zero-order chi connectivity index (χ0) is 24.0. The van der Waals surface area contributed by atoms with Gasteiger partial charge in [-0.05, 0) is 32.1 Å². The lowest BCUT2D eigenvalue weighted by Gasteiger charge is -2.39. The average Bonchev–Trinajstić information content (AvgIpc) is 2.74. The van der Waals surface area contributed by atoms with Crippen molar-refractivity contribution in [1.82, 2.24) is 0 Å². The largest absolute Gasteiger partial charge is 0.379 e. The Labute approximate surface area is 199 Å². The van der Waals surface area contributed by atoms with E-state index in [4.69, 9.17) is 9.47 Å². The molecule has 1 N–H and O–H groups in total. The molecule has 0 fully saturated rings. The first-order valence-corrected chi connectivity index (χ1v) is 15.0. The fourth-order valence-electron chi connectivity index (χ4n) is 4.18. The molecule has 7 heteroatoms. The molecule has 0 aromatic heterocycles. The lowest BCUT2D eigenvalue weighted by Crippen LogP contribution is -2.52. The minimum atomic E-state index is -3.91. The van der Waals surface area contributed by atoms with Gasteiger partial charge in [0.1, 0.15) is 6.54 Å². The highest BCUT2D eigenvalue weighted by Crippen LogP contribution is 2.17. The van der Waals surface area contributed by atoms with E-state index in [1.807, 2.05) is 0 Å². The average molecular weight is 481 g/mol. The quantitative estimate of drug-likeness (QED) is 0.101. The molecule has 0 bridgehead atoms. The molecule has 0 atom stereocenters. The van der Waals surface area contributed by atoms with Crippen LogP contribution in [-0.4, -0.2) is 75.8 Å². The maximum absolute atomic E-state index is 11.3. The van der Waals surface area contributed by atoms with Gasteiger partial charge in [0.15, 0.2) is 0 Å². The maximum Gasteiger partial charge on any atom is 0.265 e. The van der Waals surface area contributed by atoms with Crippen LogP contribution in [0, 0.1) is 0 Å². The Morgan fingerprint density at radius 1 is 0.562 bits per heavy atom. The van der Waals surface area contributed by atoms with E-state index in [1.165, 1.54) is 64.2 Å². The molecule has 0 unspecified atom stereocenters. The van der Waals surface area contributed by atoms with Crippen LogP contribution in [0.4, 0.5) is 0 Å². The van der Waals surface area contributed by atoms with E-state index in [9.17, 15) is 13.0 Å². The van der Waals surface area contributed by atoms with Crippen molar-refractivity contribution in [2.45, 2.75) is 104 Å². The summed E-state index contributed by atoms with van der Waals surface area (Å²) in [7, 11) is -3.91. The van der Waals surface area contributed by atoms with Crippen LogP contribution in [0.5, 0.6) is 0 Å². The zero-order valence-electron chi connectivity index (χ0n) is 21.5. The molecule has 32 heavy (non-hydrogen) atoms. The number of ether oxygens (including phenoxy) is 2. The Morgan fingerprint density at radius 2 is 1.03 bits per heavy atom. The minimum absolute atomic E-state index is 0.148. The van der Waals surface area contributed by atoms with E-state index in [1.54, 1.807) is 0 Å². The van der Waals surface area contributed by atoms with E-state index < -0.39 is 10.1 Å². The van der Waals surface area contributed by atoms with Crippen molar-refractivity contribution in [3.8, 4) is 0 Å². The van der Waals surface area contributed by atoms with Crippen molar-refractivity contribution in [1.29, 1.82) is 0 Å². The summed E-state index contributed by atoms with van der Waals surface area (Å²) in [5.41, 5.74) is 0. The molecule has 0 radical (unpaired) electrons. The Bertz CT molecular complexity index is 485. The fourth-order valence-corrected chi connectivity index (χ4v) is 4.68. The summed E-state index contributed by atoms with van der Waals surface area (Å²) in [4.78, 5) is 0. The van der Waals surface area contributed by atoms with E-state index in [2.05, 4.69) is 20.8 Å². The number of hydrogen-bond donors (Lipinski definition) is 1. The molecule has 0 rings (SSSR count). The van der Waals surface area contributed by atoms with Crippen LogP contribution >= 0.6 is 0 Å². The summed E-state index contributed by atoms with van der Waals surface area (Å²) < 4.78 is 44.2. The molecule has 194 valence electrons. The van der Waals surface area contributed by atoms with E-state index >= 15 is 0 Å². The van der Waals surface area contributed by atoms with Crippen LogP contribution < -0.4 is 0 Å². The van der Waals surface area contributed by atoms with Crippen molar-refractivity contribution in [2.24, 2.45) is 0 Å². The first-order chi connectivity index (χ1) is 15.4. The summed E-state index contributed by atoms with van der Waals surface area (Å²) >= 11 is 0. The monoisotopic (exact) mass is 480 g/mol. The standard InChI is InChI=1S/C25H53NO5S/c1-4-7-10-12-14-17-26(18-15-13-11-8-5-2,19-16-25-32(27,28)29)20-22-31-24-23-30-21-9-6-3/h4-25H2,1-3H3/p+1. The Morgan fingerprint density at radius 3 is 1.53 bits per heavy atom. The molecule has 0 saturated heterocycles. The molecule has 0 amide bonds. The molecule has 0 saturated carbocycles. The predicted molar refractivity (Wildman–Crippen MR) is 135 cm³/mol. The van der Waals surface area contributed by atoms with Gasteiger partial charge in [0.05, 0.1) is 45.2 Å². The Balaban J connectivity index is 4.80. The first-order valence-electron chi connectivity index (χ1n) is 13.3. The first kappa shape index (κ1) is 31.8. The van der Waals surface area contributed by atoms with Crippen molar-refractivity contribution >= 4 is 10.1 Å². The van der Waals surface area contributed by atoms with Gasteiger partial charge in [0.2, 0.25) is 0 Å². The Kier molecular flexibility index (Phi) is 21.2. The van der Waals surface area contributed by atoms with Crippen LogP contribution in [0.3, 0.4) is 0 Å². The van der Waals surface area contributed by atoms with Crippen molar-refractivity contribution in [3.63, 3.8) is 0 Å². The highest BCUT2D eigenvalue weighted by Gasteiger charge is 2.27. The van der Waals surface area contributed by atoms with E-state index in [0.29, 0.717) is 26.2 Å². The van der Waals surface area contributed by atoms with Gasteiger partial charge < -0.3 is 14.0 Å². The second-order valence-corrected chi connectivity index (χ2v) is 10.9. The van der Waals surface area contributed by atoms with Gasteiger partial charge in [-0.1, -0.05) is 65.7 Å². The molecular formula is C25H54NO5S+. The summed E-state index contributed by atoms with van der Waals surface area (Å²) in [6.45, 7) is 13.2. The molecule has 0 aromatic carbocycles.